The van der Waals surface area contributed by atoms with Gasteiger partial charge in [0, 0.05) is 20.2 Å². The van der Waals surface area contributed by atoms with E-state index in [1.165, 1.54) is 17.8 Å². The quantitative estimate of drug-likeness (QED) is 0.546. The molecule has 2 aromatic rings. The molecular weight excluding hydrogens is 343 g/mol. The Hall–Kier alpha value is -1.93. The van der Waals surface area contributed by atoms with Gasteiger partial charge in [0.15, 0.2) is 11.0 Å². The summed E-state index contributed by atoms with van der Waals surface area (Å²) in [5.74, 6) is 0.238. The minimum atomic E-state index is -0.351. The van der Waals surface area contributed by atoms with Crippen molar-refractivity contribution in [1.82, 2.24) is 20.1 Å². The van der Waals surface area contributed by atoms with E-state index in [2.05, 4.69) is 15.5 Å². The Morgan fingerprint density at radius 1 is 1.36 bits per heavy atom. The van der Waals surface area contributed by atoms with Gasteiger partial charge in [0.25, 0.3) is 0 Å². The third-order valence-corrected chi connectivity index (χ3v) is 4.40. The summed E-state index contributed by atoms with van der Waals surface area (Å²) < 4.78 is 21.0. The van der Waals surface area contributed by atoms with E-state index in [1.807, 2.05) is 13.8 Å². The van der Waals surface area contributed by atoms with Gasteiger partial charge >= 0.3 is 0 Å². The molecular formula is C17H23FN4O2S. The first-order valence-electron chi connectivity index (χ1n) is 8.14. The van der Waals surface area contributed by atoms with Crippen LogP contribution in [-0.4, -0.2) is 45.7 Å². The van der Waals surface area contributed by atoms with E-state index in [9.17, 15) is 9.18 Å². The number of hydrogen-bond donors (Lipinski definition) is 1. The van der Waals surface area contributed by atoms with Crippen molar-refractivity contribution in [1.29, 1.82) is 0 Å². The maximum Gasteiger partial charge on any atom is 0.230 e. The van der Waals surface area contributed by atoms with Crippen molar-refractivity contribution in [3.05, 3.63) is 30.1 Å². The monoisotopic (exact) mass is 366 g/mol. The Labute approximate surface area is 151 Å². The van der Waals surface area contributed by atoms with Crippen molar-refractivity contribution in [2.45, 2.75) is 31.5 Å². The highest BCUT2D eigenvalue weighted by atomic mass is 32.2. The predicted molar refractivity (Wildman–Crippen MR) is 95.8 cm³/mol. The van der Waals surface area contributed by atoms with Crippen molar-refractivity contribution in [2.75, 3.05) is 18.9 Å². The van der Waals surface area contributed by atoms with Crippen LogP contribution < -0.4 is 5.32 Å². The topological polar surface area (TPSA) is 69.0 Å². The van der Waals surface area contributed by atoms with Gasteiger partial charge in [-0.3, -0.25) is 4.79 Å². The zero-order valence-corrected chi connectivity index (χ0v) is 15.5. The maximum absolute atomic E-state index is 13.9. The molecule has 0 saturated carbocycles. The highest BCUT2D eigenvalue weighted by Gasteiger charge is 2.15. The standard InChI is InChI=1S/C17H23FN4O2S/c1-12(2)24-10-6-9-19-15(23)11-25-17-21-20-16(22(17)3)13-7-4-5-8-14(13)18/h4-5,7-8,12H,6,9-11H2,1-3H3,(H,19,23). The molecule has 0 atom stereocenters. The van der Waals surface area contributed by atoms with Gasteiger partial charge in [-0.1, -0.05) is 23.9 Å². The molecule has 0 aliphatic heterocycles. The molecule has 1 amide bonds. The highest BCUT2D eigenvalue weighted by Crippen LogP contribution is 2.24. The fourth-order valence-corrected chi connectivity index (χ4v) is 2.86. The number of carbonyl (C=O) groups excluding carboxylic acids is 1. The molecule has 2 rings (SSSR count). The normalized spacial score (nSPS) is 11.1. The van der Waals surface area contributed by atoms with E-state index in [-0.39, 0.29) is 23.6 Å². The largest absolute Gasteiger partial charge is 0.379 e. The summed E-state index contributed by atoms with van der Waals surface area (Å²) in [6, 6.07) is 6.41. The zero-order valence-electron chi connectivity index (χ0n) is 14.7. The molecule has 0 unspecified atom stereocenters. The molecule has 0 aliphatic carbocycles. The molecule has 0 radical (unpaired) electrons. The summed E-state index contributed by atoms with van der Waals surface area (Å²) in [4.78, 5) is 11.9. The Balaban J connectivity index is 1.82. The SMILES string of the molecule is CC(C)OCCCNC(=O)CSc1nnc(-c2ccccc2F)n1C. The number of aromatic nitrogens is 3. The van der Waals surface area contributed by atoms with Gasteiger partial charge in [-0.05, 0) is 32.4 Å². The first-order valence-corrected chi connectivity index (χ1v) is 9.13. The number of rotatable bonds is 9. The third-order valence-electron chi connectivity index (χ3n) is 3.38. The molecule has 1 N–H and O–H groups in total. The van der Waals surface area contributed by atoms with Crippen molar-refractivity contribution >= 4 is 17.7 Å². The van der Waals surface area contributed by atoms with Crippen molar-refractivity contribution in [2.24, 2.45) is 7.05 Å². The third kappa shape index (κ3) is 5.82. The first-order chi connectivity index (χ1) is 12.0. The molecule has 6 nitrogen and oxygen atoms in total. The average Bonchev–Trinajstić information content (AvgIpc) is 2.93. The lowest BCUT2D eigenvalue weighted by atomic mass is 10.2. The first kappa shape index (κ1) is 19.4. The fraction of sp³-hybridized carbons (Fsp3) is 0.471. The van der Waals surface area contributed by atoms with Gasteiger partial charge in [0.05, 0.1) is 17.4 Å². The van der Waals surface area contributed by atoms with Crippen LogP contribution in [0.15, 0.2) is 29.4 Å². The molecule has 0 fully saturated rings. The molecule has 136 valence electrons. The molecule has 1 aromatic carbocycles. The number of nitrogens with zero attached hydrogens (tertiary/aromatic N) is 3. The van der Waals surface area contributed by atoms with Gasteiger partial charge in [-0.2, -0.15) is 0 Å². The van der Waals surface area contributed by atoms with E-state index < -0.39 is 0 Å². The zero-order chi connectivity index (χ0) is 18.2. The second-order valence-corrected chi connectivity index (χ2v) is 6.70. The molecule has 0 bridgehead atoms. The molecule has 0 aliphatic rings. The molecule has 1 aromatic heterocycles. The molecule has 0 spiro atoms. The lowest BCUT2D eigenvalue weighted by Gasteiger charge is -2.08. The summed E-state index contributed by atoms with van der Waals surface area (Å²) in [6.07, 6.45) is 0.974. The Morgan fingerprint density at radius 3 is 2.84 bits per heavy atom. The molecule has 25 heavy (non-hydrogen) atoms. The number of ether oxygens (including phenoxy) is 1. The number of hydrogen-bond acceptors (Lipinski definition) is 5. The number of thioether (sulfide) groups is 1. The van der Waals surface area contributed by atoms with E-state index in [0.29, 0.717) is 29.7 Å². The predicted octanol–water partition coefficient (Wildman–Crippen LogP) is 2.64. The Morgan fingerprint density at radius 2 is 2.12 bits per heavy atom. The maximum atomic E-state index is 13.9. The van der Waals surface area contributed by atoms with Crippen LogP contribution in [-0.2, 0) is 16.6 Å². The van der Waals surface area contributed by atoms with Crippen LogP contribution in [0.25, 0.3) is 11.4 Å². The van der Waals surface area contributed by atoms with Gasteiger partial charge in [-0.15, -0.1) is 10.2 Å². The minimum Gasteiger partial charge on any atom is -0.379 e. The number of amides is 1. The van der Waals surface area contributed by atoms with Crippen molar-refractivity contribution in [3.8, 4) is 11.4 Å². The van der Waals surface area contributed by atoms with E-state index >= 15 is 0 Å². The van der Waals surface area contributed by atoms with Crippen LogP contribution in [0, 0.1) is 5.82 Å². The van der Waals surface area contributed by atoms with Crippen LogP contribution in [0.3, 0.4) is 0 Å². The lowest BCUT2D eigenvalue weighted by molar-refractivity contribution is -0.118. The van der Waals surface area contributed by atoms with Crippen LogP contribution in [0.2, 0.25) is 0 Å². The number of nitrogens with one attached hydrogen (secondary N) is 1. The summed E-state index contributed by atoms with van der Waals surface area (Å²) >= 11 is 1.27. The van der Waals surface area contributed by atoms with Crippen LogP contribution in [0.1, 0.15) is 20.3 Å². The molecule has 8 heteroatoms. The second kappa shape index (κ2) is 9.53. The van der Waals surface area contributed by atoms with E-state index in [4.69, 9.17) is 4.74 Å². The summed E-state index contributed by atoms with van der Waals surface area (Å²) in [5, 5.41) is 11.5. The van der Waals surface area contributed by atoms with Gasteiger partial charge in [-0.25, -0.2) is 4.39 Å². The van der Waals surface area contributed by atoms with Crippen molar-refractivity contribution < 1.29 is 13.9 Å². The lowest BCUT2D eigenvalue weighted by Crippen LogP contribution is -2.27. The summed E-state index contributed by atoms with van der Waals surface area (Å²) in [7, 11) is 1.76. The number of carbonyl (C=O) groups is 1. The van der Waals surface area contributed by atoms with Crippen LogP contribution in [0.4, 0.5) is 4.39 Å². The van der Waals surface area contributed by atoms with E-state index in [0.717, 1.165) is 6.42 Å². The second-order valence-electron chi connectivity index (χ2n) is 5.76. The Bertz CT molecular complexity index is 706. The molecule has 0 saturated heterocycles. The van der Waals surface area contributed by atoms with Crippen LogP contribution in [0.5, 0.6) is 0 Å². The van der Waals surface area contributed by atoms with E-state index in [1.54, 1.807) is 29.8 Å². The van der Waals surface area contributed by atoms with Crippen LogP contribution >= 0.6 is 11.8 Å². The van der Waals surface area contributed by atoms with Crippen molar-refractivity contribution in [3.63, 3.8) is 0 Å². The van der Waals surface area contributed by atoms with Gasteiger partial charge < -0.3 is 14.6 Å². The average molecular weight is 366 g/mol. The number of halogens is 1. The van der Waals surface area contributed by atoms with Gasteiger partial charge in [0.1, 0.15) is 5.82 Å². The summed E-state index contributed by atoms with van der Waals surface area (Å²) in [6.45, 7) is 5.16. The Kier molecular flexibility index (Phi) is 7.39. The number of benzene rings is 1. The minimum absolute atomic E-state index is 0.0787. The fourth-order valence-electron chi connectivity index (χ4n) is 2.12. The van der Waals surface area contributed by atoms with Gasteiger partial charge in [0.2, 0.25) is 5.91 Å². The summed E-state index contributed by atoms with van der Waals surface area (Å²) in [5.41, 5.74) is 0.388. The molecule has 1 heterocycles. The highest BCUT2D eigenvalue weighted by molar-refractivity contribution is 7.99. The smallest absolute Gasteiger partial charge is 0.230 e.